The van der Waals surface area contributed by atoms with Crippen LogP contribution in [-0.2, 0) is 16.0 Å². The number of hydrogen-bond acceptors (Lipinski definition) is 4. The van der Waals surface area contributed by atoms with Gasteiger partial charge in [0.1, 0.15) is 5.75 Å². The summed E-state index contributed by atoms with van der Waals surface area (Å²) in [5, 5.41) is 0. The number of carbonyl (C=O) groups is 1. The van der Waals surface area contributed by atoms with Crippen molar-refractivity contribution in [3.8, 4) is 5.75 Å². The molecular formula is C11H14BrNO3. The summed E-state index contributed by atoms with van der Waals surface area (Å²) in [4.78, 5) is 11.3. The number of hydrogen-bond donors (Lipinski definition) is 1. The third-order valence-electron chi connectivity index (χ3n) is 2.00. The highest BCUT2D eigenvalue weighted by Crippen LogP contribution is 2.32. The lowest BCUT2D eigenvalue weighted by Gasteiger charge is -2.09. The van der Waals surface area contributed by atoms with Gasteiger partial charge in [0.15, 0.2) is 0 Å². The largest absolute Gasteiger partial charge is 0.495 e. The van der Waals surface area contributed by atoms with Crippen LogP contribution in [0.4, 0.5) is 5.69 Å². The quantitative estimate of drug-likeness (QED) is 0.681. The van der Waals surface area contributed by atoms with Crippen molar-refractivity contribution in [2.24, 2.45) is 0 Å². The molecule has 0 amide bonds. The molecule has 0 spiro atoms. The number of benzene rings is 1. The Morgan fingerprint density at radius 1 is 1.50 bits per heavy atom. The summed E-state index contributed by atoms with van der Waals surface area (Å²) >= 11 is 3.31. The van der Waals surface area contributed by atoms with Crippen LogP contribution in [0.5, 0.6) is 5.75 Å². The van der Waals surface area contributed by atoms with Gasteiger partial charge in [0.05, 0.1) is 24.6 Å². The van der Waals surface area contributed by atoms with Crippen LogP contribution < -0.4 is 10.5 Å². The molecule has 0 unspecified atom stereocenters. The Kier molecular flexibility index (Phi) is 4.61. The van der Waals surface area contributed by atoms with Crippen LogP contribution in [-0.4, -0.2) is 19.7 Å². The van der Waals surface area contributed by atoms with Crippen LogP contribution in [0.15, 0.2) is 16.6 Å². The molecule has 0 fully saturated rings. The van der Waals surface area contributed by atoms with Crippen molar-refractivity contribution in [1.29, 1.82) is 0 Å². The lowest BCUT2D eigenvalue weighted by molar-refractivity contribution is -0.142. The molecular weight excluding hydrogens is 274 g/mol. The molecule has 0 radical (unpaired) electrons. The molecule has 0 saturated heterocycles. The maximum Gasteiger partial charge on any atom is 0.310 e. The molecule has 2 N–H and O–H groups in total. The van der Waals surface area contributed by atoms with E-state index in [0.717, 1.165) is 5.56 Å². The SMILES string of the molecule is CCOC(=O)Cc1cc(N)c(Br)c(OC)c1. The van der Waals surface area contributed by atoms with Gasteiger partial charge in [0.25, 0.3) is 0 Å². The van der Waals surface area contributed by atoms with E-state index in [1.54, 1.807) is 26.2 Å². The van der Waals surface area contributed by atoms with Crippen LogP contribution >= 0.6 is 15.9 Å². The van der Waals surface area contributed by atoms with E-state index in [4.69, 9.17) is 15.2 Å². The Morgan fingerprint density at radius 2 is 2.19 bits per heavy atom. The molecule has 0 aliphatic rings. The predicted octanol–water partition coefficient (Wildman–Crippen LogP) is 2.15. The Hall–Kier alpha value is -1.23. The molecule has 0 heterocycles. The van der Waals surface area contributed by atoms with E-state index in [9.17, 15) is 4.79 Å². The highest BCUT2D eigenvalue weighted by atomic mass is 79.9. The Bertz CT molecular complexity index is 393. The van der Waals surface area contributed by atoms with Crippen molar-refractivity contribution < 1.29 is 14.3 Å². The number of rotatable bonds is 4. The Labute approximate surface area is 103 Å². The minimum atomic E-state index is -0.272. The van der Waals surface area contributed by atoms with E-state index >= 15 is 0 Å². The summed E-state index contributed by atoms with van der Waals surface area (Å²) in [6.07, 6.45) is 0.196. The molecule has 0 aliphatic heterocycles. The van der Waals surface area contributed by atoms with Gasteiger partial charge in [-0.1, -0.05) is 0 Å². The molecule has 1 aromatic carbocycles. The highest BCUT2D eigenvalue weighted by Gasteiger charge is 2.10. The van der Waals surface area contributed by atoms with Crippen LogP contribution in [0.1, 0.15) is 12.5 Å². The molecule has 0 aliphatic carbocycles. The maximum absolute atomic E-state index is 11.3. The molecule has 88 valence electrons. The number of methoxy groups -OCH3 is 1. The van der Waals surface area contributed by atoms with E-state index in [-0.39, 0.29) is 12.4 Å². The number of ether oxygens (including phenoxy) is 2. The molecule has 1 aromatic rings. The zero-order chi connectivity index (χ0) is 12.1. The molecule has 0 aromatic heterocycles. The van der Waals surface area contributed by atoms with Crippen LogP contribution in [0.2, 0.25) is 0 Å². The number of esters is 1. The minimum Gasteiger partial charge on any atom is -0.495 e. The van der Waals surface area contributed by atoms with Crippen LogP contribution in [0.25, 0.3) is 0 Å². The lowest BCUT2D eigenvalue weighted by Crippen LogP contribution is -2.08. The van der Waals surface area contributed by atoms with E-state index in [0.29, 0.717) is 22.5 Å². The first-order valence-corrected chi connectivity index (χ1v) is 5.65. The smallest absolute Gasteiger partial charge is 0.310 e. The molecule has 5 heteroatoms. The topological polar surface area (TPSA) is 61.5 Å². The van der Waals surface area contributed by atoms with Gasteiger partial charge >= 0.3 is 5.97 Å². The average molecular weight is 288 g/mol. The van der Waals surface area contributed by atoms with Gasteiger partial charge in [0, 0.05) is 5.69 Å². The second kappa shape index (κ2) is 5.75. The zero-order valence-corrected chi connectivity index (χ0v) is 10.8. The lowest BCUT2D eigenvalue weighted by atomic mass is 10.1. The molecule has 4 nitrogen and oxygen atoms in total. The van der Waals surface area contributed by atoms with E-state index in [2.05, 4.69) is 15.9 Å². The van der Waals surface area contributed by atoms with Crippen molar-refractivity contribution in [3.05, 3.63) is 22.2 Å². The van der Waals surface area contributed by atoms with Crippen molar-refractivity contribution >= 4 is 27.6 Å². The van der Waals surface area contributed by atoms with Crippen molar-refractivity contribution in [2.45, 2.75) is 13.3 Å². The third kappa shape index (κ3) is 3.13. The molecule has 0 saturated carbocycles. The maximum atomic E-state index is 11.3. The minimum absolute atomic E-state index is 0.196. The van der Waals surface area contributed by atoms with Gasteiger partial charge < -0.3 is 15.2 Å². The number of carbonyl (C=O) groups excluding carboxylic acids is 1. The highest BCUT2D eigenvalue weighted by molar-refractivity contribution is 9.10. The fourth-order valence-electron chi connectivity index (χ4n) is 1.31. The van der Waals surface area contributed by atoms with Gasteiger partial charge in [-0.15, -0.1) is 0 Å². The van der Waals surface area contributed by atoms with Gasteiger partial charge in [-0.05, 0) is 40.5 Å². The van der Waals surface area contributed by atoms with Gasteiger partial charge in [-0.25, -0.2) is 0 Å². The summed E-state index contributed by atoms with van der Waals surface area (Å²) in [5.74, 6) is 0.338. The third-order valence-corrected chi connectivity index (χ3v) is 2.85. The molecule has 0 bridgehead atoms. The predicted molar refractivity (Wildman–Crippen MR) is 65.4 cm³/mol. The normalized spacial score (nSPS) is 9.94. The molecule has 1 rings (SSSR count). The van der Waals surface area contributed by atoms with Crippen molar-refractivity contribution in [3.63, 3.8) is 0 Å². The van der Waals surface area contributed by atoms with Gasteiger partial charge in [-0.3, -0.25) is 4.79 Å². The molecule has 16 heavy (non-hydrogen) atoms. The van der Waals surface area contributed by atoms with E-state index in [1.807, 2.05) is 0 Å². The molecule has 0 atom stereocenters. The van der Waals surface area contributed by atoms with Crippen LogP contribution in [0.3, 0.4) is 0 Å². The standard InChI is InChI=1S/C11H14BrNO3/c1-3-16-10(14)6-7-4-8(13)11(12)9(5-7)15-2/h4-5H,3,6,13H2,1-2H3. The number of halogens is 1. The second-order valence-electron chi connectivity index (χ2n) is 3.18. The number of nitrogen functional groups attached to an aromatic ring is 1. The van der Waals surface area contributed by atoms with E-state index in [1.165, 1.54) is 0 Å². The Morgan fingerprint density at radius 3 is 2.75 bits per heavy atom. The summed E-state index contributed by atoms with van der Waals surface area (Å²) in [7, 11) is 1.55. The zero-order valence-electron chi connectivity index (χ0n) is 9.25. The first kappa shape index (κ1) is 12.8. The van der Waals surface area contributed by atoms with E-state index < -0.39 is 0 Å². The summed E-state index contributed by atoms with van der Waals surface area (Å²) in [6.45, 7) is 2.15. The summed E-state index contributed by atoms with van der Waals surface area (Å²) < 4.78 is 10.7. The number of nitrogens with two attached hydrogens (primary N) is 1. The fraction of sp³-hybridized carbons (Fsp3) is 0.364. The summed E-state index contributed by atoms with van der Waals surface area (Å²) in [5.41, 5.74) is 7.08. The first-order valence-electron chi connectivity index (χ1n) is 4.86. The van der Waals surface area contributed by atoms with Crippen molar-refractivity contribution in [2.75, 3.05) is 19.5 Å². The van der Waals surface area contributed by atoms with Gasteiger partial charge in [-0.2, -0.15) is 0 Å². The Balaban J connectivity index is 2.89. The first-order chi connectivity index (χ1) is 7.58. The fourth-order valence-corrected chi connectivity index (χ4v) is 1.70. The van der Waals surface area contributed by atoms with Gasteiger partial charge in [0.2, 0.25) is 0 Å². The summed E-state index contributed by atoms with van der Waals surface area (Å²) in [6, 6.07) is 3.49. The average Bonchev–Trinajstić information content (AvgIpc) is 2.23. The monoisotopic (exact) mass is 287 g/mol. The number of anilines is 1. The van der Waals surface area contributed by atoms with Crippen LogP contribution in [0, 0.1) is 0 Å². The van der Waals surface area contributed by atoms with Crippen molar-refractivity contribution in [1.82, 2.24) is 0 Å². The second-order valence-corrected chi connectivity index (χ2v) is 3.98.